The van der Waals surface area contributed by atoms with E-state index in [2.05, 4.69) is 15.3 Å². The summed E-state index contributed by atoms with van der Waals surface area (Å²) in [4.78, 5) is 20.5. The van der Waals surface area contributed by atoms with Crippen LogP contribution in [0, 0.1) is 0 Å². The monoisotopic (exact) mass is 308 g/mol. The number of rotatable bonds is 2. The summed E-state index contributed by atoms with van der Waals surface area (Å²) >= 11 is 2.13. The standard InChI is InChI=1S/C9H7F3N4OS2/c10-9(11,12)8(14-6-13-1-3-18-6)5(17)16-2-4-19-7(16)15-8/h1,3H,2,4H2,(H,13,14)/t8-/m0/s1. The second-order valence-electron chi connectivity index (χ2n) is 3.87. The van der Waals surface area contributed by atoms with E-state index in [-0.39, 0.29) is 16.8 Å². The molecule has 0 spiro atoms. The van der Waals surface area contributed by atoms with Gasteiger partial charge in [-0.15, -0.1) is 11.3 Å². The van der Waals surface area contributed by atoms with Crippen molar-refractivity contribution in [1.82, 2.24) is 9.88 Å². The van der Waals surface area contributed by atoms with E-state index in [0.717, 1.165) is 28.0 Å². The van der Waals surface area contributed by atoms with Crippen LogP contribution in [0.5, 0.6) is 0 Å². The van der Waals surface area contributed by atoms with E-state index >= 15 is 0 Å². The van der Waals surface area contributed by atoms with E-state index < -0.39 is 17.7 Å². The van der Waals surface area contributed by atoms with E-state index in [0.29, 0.717) is 5.75 Å². The number of anilines is 1. The molecule has 5 nitrogen and oxygen atoms in total. The quantitative estimate of drug-likeness (QED) is 0.904. The number of amidine groups is 1. The predicted molar refractivity (Wildman–Crippen MR) is 66.1 cm³/mol. The van der Waals surface area contributed by atoms with Gasteiger partial charge in [-0.3, -0.25) is 9.69 Å². The van der Waals surface area contributed by atoms with Gasteiger partial charge in [0.05, 0.1) is 0 Å². The summed E-state index contributed by atoms with van der Waals surface area (Å²) < 4.78 is 39.9. The predicted octanol–water partition coefficient (Wildman–Crippen LogP) is 1.76. The summed E-state index contributed by atoms with van der Waals surface area (Å²) in [6, 6.07) is 0. The summed E-state index contributed by atoms with van der Waals surface area (Å²) in [6.07, 6.45) is -3.47. The lowest BCUT2D eigenvalue weighted by atomic mass is 10.1. The van der Waals surface area contributed by atoms with Crippen LogP contribution in [-0.4, -0.2) is 45.1 Å². The Balaban J connectivity index is 2.04. The number of amides is 1. The van der Waals surface area contributed by atoms with E-state index in [4.69, 9.17) is 0 Å². The molecule has 10 heteroatoms. The molecule has 0 saturated carbocycles. The van der Waals surface area contributed by atoms with Gasteiger partial charge < -0.3 is 5.32 Å². The Kier molecular flexibility index (Phi) is 2.75. The summed E-state index contributed by atoms with van der Waals surface area (Å²) in [5, 5.41) is 3.80. The first-order valence-electron chi connectivity index (χ1n) is 5.23. The van der Waals surface area contributed by atoms with Gasteiger partial charge in [-0.1, -0.05) is 11.8 Å². The van der Waals surface area contributed by atoms with Crippen LogP contribution >= 0.6 is 23.1 Å². The van der Waals surface area contributed by atoms with Crippen LogP contribution in [0.25, 0.3) is 0 Å². The van der Waals surface area contributed by atoms with E-state index in [1.54, 1.807) is 0 Å². The van der Waals surface area contributed by atoms with Gasteiger partial charge in [-0.25, -0.2) is 9.98 Å². The molecule has 0 radical (unpaired) electrons. The average molecular weight is 308 g/mol. The topological polar surface area (TPSA) is 57.6 Å². The fourth-order valence-electron chi connectivity index (χ4n) is 1.85. The first-order chi connectivity index (χ1) is 8.94. The number of carbonyl (C=O) groups is 1. The van der Waals surface area contributed by atoms with Crippen molar-refractivity contribution in [2.75, 3.05) is 17.6 Å². The molecular weight excluding hydrogens is 301 g/mol. The van der Waals surface area contributed by atoms with Gasteiger partial charge in [0.15, 0.2) is 10.3 Å². The molecule has 0 unspecified atom stereocenters. The first-order valence-corrected chi connectivity index (χ1v) is 7.09. The van der Waals surface area contributed by atoms with Crippen molar-refractivity contribution in [2.45, 2.75) is 11.8 Å². The van der Waals surface area contributed by atoms with Crippen molar-refractivity contribution in [3.05, 3.63) is 11.6 Å². The van der Waals surface area contributed by atoms with E-state index in [9.17, 15) is 18.0 Å². The second-order valence-corrected chi connectivity index (χ2v) is 5.83. The summed E-state index contributed by atoms with van der Waals surface area (Å²) in [5.41, 5.74) is -2.94. The first kappa shape index (κ1) is 12.7. The Labute approximate surface area is 113 Å². The van der Waals surface area contributed by atoms with E-state index in [1.165, 1.54) is 11.6 Å². The second kappa shape index (κ2) is 4.10. The summed E-state index contributed by atoms with van der Waals surface area (Å²) in [5.74, 6) is -0.523. The van der Waals surface area contributed by atoms with Crippen LogP contribution in [0.1, 0.15) is 0 Å². The third-order valence-electron chi connectivity index (χ3n) is 2.73. The van der Waals surface area contributed by atoms with Gasteiger partial charge >= 0.3 is 11.8 Å². The highest BCUT2D eigenvalue weighted by molar-refractivity contribution is 8.14. The number of thiazole rings is 1. The molecule has 1 atom stereocenters. The van der Waals surface area contributed by atoms with Gasteiger partial charge in [0, 0.05) is 23.9 Å². The van der Waals surface area contributed by atoms with Crippen LogP contribution in [0.2, 0.25) is 0 Å². The molecule has 1 amide bonds. The van der Waals surface area contributed by atoms with Crippen molar-refractivity contribution in [1.29, 1.82) is 0 Å². The average Bonchev–Trinajstić information content (AvgIpc) is 2.99. The zero-order valence-corrected chi connectivity index (χ0v) is 10.9. The third kappa shape index (κ3) is 1.81. The molecule has 1 aromatic heterocycles. The van der Waals surface area contributed by atoms with Gasteiger partial charge in [0.1, 0.15) is 0 Å². The number of thioether (sulfide) groups is 1. The van der Waals surface area contributed by atoms with E-state index in [1.807, 2.05) is 0 Å². The highest BCUT2D eigenvalue weighted by Crippen LogP contribution is 2.43. The van der Waals surface area contributed by atoms with Crippen molar-refractivity contribution in [3.63, 3.8) is 0 Å². The Hall–Kier alpha value is -1.29. The molecular formula is C9H7F3N4OS2. The molecule has 19 heavy (non-hydrogen) atoms. The lowest BCUT2D eigenvalue weighted by Crippen LogP contribution is -2.57. The van der Waals surface area contributed by atoms with Gasteiger partial charge in [-0.2, -0.15) is 13.2 Å². The number of aromatic nitrogens is 1. The number of nitrogens with zero attached hydrogens (tertiary/aromatic N) is 3. The van der Waals surface area contributed by atoms with Gasteiger partial charge in [0.2, 0.25) is 0 Å². The fraction of sp³-hybridized carbons (Fsp3) is 0.444. The zero-order valence-electron chi connectivity index (χ0n) is 9.27. The SMILES string of the molecule is O=C1N2CCSC2=N[C@]1(Nc1nccs1)C(F)(F)F. The molecule has 0 bridgehead atoms. The van der Waals surface area contributed by atoms with Crippen molar-refractivity contribution < 1.29 is 18.0 Å². The van der Waals surface area contributed by atoms with Crippen LogP contribution in [0.15, 0.2) is 16.6 Å². The summed E-state index contributed by atoms with van der Waals surface area (Å²) in [7, 11) is 0. The van der Waals surface area contributed by atoms with Crippen LogP contribution < -0.4 is 5.32 Å². The molecule has 3 rings (SSSR count). The molecule has 1 N–H and O–H groups in total. The van der Waals surface area contributed by atoms with Gasteiger partial charge in [-0.05, 0) is 0 Å². The van der Waals surface area contributed by atoms with Crippen molar-refractivity contribution in [2.24, 2.45) is 4.99 Å². The minimum atomic E-state index is -4.83. The summed E-state index contributed by atoms with van der Waals surface area (Å²) in [6.45, 7) is 0.250. The number of fused-ring (bicyclic) bond motifs is 1. The number of aliphatic imine (C=N–C) groups is 1. The normalized spacial score (nSPS) is 26.6. The number of carbonyl (C=O) groups excluding carboxylic acids is 1. The molecule has 3 heterocycles. The Bertz CT molecular complexity index is 544. The minimum Gasteiger partial charge on any atom is -0.322 e. The van der Waals surface area contributed by atoms with Crippen molar-refractivity contribution in [3.8, 4) is 0 Å². The lowest BCUT2D eigenvalue weighted by Gasteiger charge is -2.28. The molecule has 0 aromatic carbocycles. The number of nitrogens with one attached hydrogen (secondary N) is 1. The Morgan fingerprint density at radius 2 is 2.26 bits per heavy atom. The molecule has 1 aromatic rings. The van der Waals surface area contributed by atoms with Crippen molar-refractivity contribution >= 4 is 39.3 Å². The fourth-order valence-corrected chi connectivity index (χ4v) is 3.41. The Morgan fingerprint density at radius 3 is 2.84 bits per heavy atom. The van der Waals surface area contributed by atoms with Crippen LogP contribution in [0.4, 0.5) is 18.3 Å². The Morgan fingerprint density at radius 1 is 1.47 bits per heavy atom. The van der Waals surface area contributed by atoms with Crippen LogP contribution in [-0.2, 0) is 4.79 Å². The maximum Gasteiger partial charge on any atom is 0.442 e. The highest BCUT2D eigenvalue weighted by Gasteiger charge is 2.67. The molecule has 1 saturated heterocycles. The third-order valence-corrected chi connectivity index (χ3v) is 4.37. The molecule has 2 aliphatic heterocycles. The maximum absolute atomic E-state index is 13.3. The maximum atomic E-state index is 13.3. The van der Waals surface area contributed by atoms with Gasteiger partial charge in [0.25, 0.3) is 5.91 Å². The largest absolute Gasteiger partial charge is 0.442 e. The number of halogens is 3. The molecule has 102 valence electrons. The molecule has 2 aliphatic rings. The minimum absolute atomic E-state index is 0.0150. The van der Waals surface area contributed by atoms with Crippen LogP contribution in [0.3, 0.4) is 0 Å². The number of hydrogen-bond acceptors (Lipinski definition) is 6. The number of hydrogen-bond donors (Lipinski definition) is 1. The zero-order chi connectivity index (χ0) is 13.7. The number of alkyl halides is 3. The molecule has 1 fully saturated rings. The lowest BCUT2D eigenvalue weighted by molar-refractivity contribution is -0.185. The molecule has 0 aliphatic carbocycles. The smallest absolute Gasteiger partial charge is 0.322 e. The highest BCUT2D eigenvalue weighted by atomic mass is 32.2.